The average Bonchev–Trinajstić information content (AvgIpc) is 2.69. The fraction of sp³-hybridized carbons (Fsp3) is 0.400. The molecular formula is C20H23ClO5. The largest absolute Gasteiger partial charge is 0.388 e. The predicted molar refractivity (Wildman–Crippen MR) is 97.6 cm³/mol. The quantitative estimate of drug-likeness (QED) is 0.724. The highest BCUT2D eigenvalue weighted by atomic mass is 35.5. The Morgan fingerprint density at radius 1 is 0.808 bits per heavy atom. The minimum Gasteiger partial charge on any atom is -0.388 e. The molecule has 140 valence electrons. The fourth-order valence-corrected chi connectivity index (χ4v) is 3.19. The lowest BCUT2D eigenvalue weighted by Gasteiger charge is -2.42. The first kappa shape index (κ1) is 19.3. The second-order valence-electron chi connectivity index (χ2n) is 6.23. The molecule has 2 N–H and O–H groups in total. The van der Waals surface area contributed by atoms with Crippen molar-refractivity contribution in [3.8, 4) is 0 Å². The average molecular weight is 379 g/mol. The van der Waals surface area contributed by atoms with Crippen molar-refractivity contribution in [1.82, 2.24) is 0 Å². The lowest BCUT2D eigenvalue weighted by Crippen LogP contribution is -2.59. The maximum Gasteiger partial charge on any atom is 0.184 e. The summed E-state index contributed by atoms with van der Waals surface area (Å²) in [7, 11) is 0. The van der Waals surface area contributed by atoms with Crippen molar-refractivity contribution >= 4 is 11.6 Å². The van der Waals surface area contributed by atoms with Gasteiger partial charge in [0.05, 0.1) is 19.1 Å². The van der Waals surface area contributed by atoms with Gasteiger partial charge in [0.25, 0.3) is 0 Å². The summed E-state index contributed by atoms with van der Waals surface area (Å²) in [4.78, 5) is 0. The molecule has 5 nitrogen and oxygen atoms in total. The number of halogens is 1. The van der Waals surface area contributed by atoms with Gasteiger partial charge >= 0.3 is 0 Å². The summed E-state index contributed by atoms with van der Waals surface area (Å²) in [6.45, 7) is 0.560. The van der Waals surface area contributed by atoms with Crippen molar-refractivity contribution in [3.05, 3.63) is 71.8 Å². The third-order valence-corrected chi connectivity index (χ3v) is 4.66. The van der Waals surface area contributed by atoms with Crippen LogP contribution in [-0.2, 0) is 27.4 Å². The monoisotopic (exact) mass is 378 g/mol. The SMILES string of the molecule is O[C@H]1[C@H](OCc2ccccc2)[C@@H](OCc2ccccc2)[C@@H](O)O[C@@H]1CCl. The van der Waals surface area contributed by atoms with Crippen molar-refractivity contribution < 1.29 is 24.4 Å². The molecule has 0 spiro atoms. The van der Waals surface area contributed by atoms with Crippen molar-refractivity contribution in [2.45, 2.75) is 43.9 Å². The molecule has 0 unspecified atom stereocenters. The van der Waals surface area contributed by atoms with Crippen molar-refractivity contribution in [2.75, 3.05) is 5.88 Å². The van der Waals surface area contributed by atoms with Gasteiger partial charge in [-0.25, -0.2) is 0 Å². The van der Waals surface area contributed by atoms with Gasteiger partial charge in [0.15, 0.2) is 6.29 Å². The number of aliphatic hydroxyl groups excluding tert-OH is 2. The molecule has 6 heteroatoms. The van der Waals surface area contributed by atoms with E-state index < -0.39 is 30.7 Å². The van der Waals surface area contributed by atoms with Crippen LogP contribution in [0.1, 0.15) is 11.1 Å². The van der Waals surface area contributed by atoms with E-state index in [2.05, 4.69) is 0 Å². The molecule has 0 saturated carbocycles. The Morgan fingerprint density at radius 2 is 1.31 bits per heavy atom. The Labute approximate surface area is 158 Å². The maximum absolute atomic E-state index is 10.6. The molecule has 2 aromatic rings. The van der Waals surface area contributed by atoms with E-state index in [9.17, 15) is 10.2 Å². The van der Waals surface area contributed by atoms with E-state index in [1.165, 1.54) is 0 Å². The molecule has 2 aromatic carbocycles. The van der Waals surface area contributed by atoms with Crippen LogP contribution in [-0.4, -0.2) is 46.8 Å². The first-order valence-electron chi connectivity index (χ1n) is 8.57. The van der Waals surface area contributed by atoms with E-state index >= 15 is 0 Å². The summed E-state index contributed by atoms with van der Waals surface area (Å²) >= 11 is 5.85. The van der Waals surface area contributed by atoms with E-state index in [4.69, 9.17) is 25.8 Å². The van der Waals surface area contributed by atoms with Gasteiger partial charge < -0.3 is 24.4 Å². The summed E-state index contributed by atoms with van der Waals surface area (Å²) in [5, 5.41) is 20.9. The molecule has 0 aliphatic carbocycles. The van der Waals surface area contributed by atoms with Crippen LogP contribution in [0, 0.1) is 0 Å². The van der Waals surface area contributed by atoms with Crippen LogP contribution >= 0.6 is 11.6 Å². The minimum absolute atomic E-state index is 0.0504. The number of ether oxygens (including phenoxy) is 3. The van der Waals surface area contributed by atoms with Crippen LogP contribution in [0.25, 0.3) is 0 Å². The Hall–Kier alpha value is -1.47. The summed E-state index contributed by atoms with van der Waals surface area (Å²) in [6, 6.07) is 19.2. The van der Waals surface area contributed by atoms with Gasteiger partial charge in [-0.15, -0.1) is 11.6 Å². The molecule has 0 radical (unpaired) electrons. The zero-order valence-corrected chi connectivity index (χ0v) is 15.0. The Morgan fingerprint density at radius 3 is 1.81 bits per heavy atom. The molecule has 1 aliphatic heterocycles. The topological polar surface area (TPSA) is 68.2 Å². The van der Waals surface area contributed by atoms with Crippen LogP contribution in [0.3, 0.4) is 0 Å². The van der Waals surface area contributed by atoms with Gasteiger partial charge in [0.1, 0.15) is 24.4 Å². The smallest absolute Gasteiger partial charge is 0.184 e. The van der Waals surface area contributed by atoms with Crippen molar-refractivity contribution in [2.24, 2.45) is 0 Å². The van der Waals surface area contributed by atoms with E-state index in [0.29, 0.717) is 0 Å². The van der Waals surface area contributed by atoms with E-state index in [0.717, 1.165) is 11.1 Å². The minimum atomic E-state index is -1.23. The third kappa shape index (κ3) is 4.82. The lowest BCUT2D eigenvalue weighted by molar-refractivity contribution is -0.299. The summed E-state index contributed by atoms with van der Waals surface area (Å²) in [5.41, 5.74) is 1.92. The van der Waals surface area contributed by atoms with E-state index in [1.807, 2.05) is 60.7 Å². The lowest BCUT2D eigenvalue weighted by atomic mass is 9.99. The fourth-order valence-electron chi connectivity index (χ4n) is 2.94. The van der Waals surface area contributed by atoms with Crippen LogP contribution < -0.4 is 0 Å². The molecule has 1 fully saturated rings. The first-order chi connectivity index (χ1) is 12.7. The third-order valence-electron chi connectivity index (χ3n) is 4.36. The van der Waals surface area contributed by atoms with Crippen molar-refractivity contribution in [1.29, 1.82) is 0 Å². The molecule has 3 rings (SSSR count). The standard InChI is InChI=1S/C20H23ClO5/c21-11-16-17(22)18(24-12-14-7-3-1-4-8-14)19(20(23)26-16)25-13-15-9-5-2-6-10-15/h1-10,16-20,22-23H,11-13H2/t16-,17-,18+,19-,20+/m1/s1. The van der Waals surface area contributed by atoms with Gasteiger partial charge in [0.2, 0.25) is 0 Å². The Balaban J connectivity index is 1.69. The summed E-state index contributed by atoms with van der Waals surface area (Å²) < 4.78 is 17.2. The molecule has 5 atom stereocenters. The number of aliphatic hydroxyl groups is 2. The van der Waals surface area contributed by atoms with Gasteiger partial charge in [-0.05, 0) is 11.1 Å². The molecular weight excluding hydrogens is 356 g/mol. The van der Waals surface area contributed by atoms with E-state index in [1.54, 1.807) is 0 Å². The zero-order valence-electron chi connectivity index (χ0n) is 14.3. The molecule has 0 amide bonds. The van der Waals surface area contributed by atoms with Crippen LogP contribution in [0.4, 0.5) is 0 Å². The van der Waals surface area contributed by atoms with Gasteiger partial charge in [-0.2, -0.15) is 0 Å². The second kappa shape index (κ2) is 9.46. The number of rotatable bonds is 7. The summed E-state index contributed by atoms with van der Waals surface area (Å²) in [5.74, 6) is 0.0504. The second-order valence-corrected chi connectivity index (χ2v) is 6.54. The highest BCUT2D eigenvalue weighted by molar-refractivity contribution is 6.18. The molecule has 0 aromatic heterocycles. The summed E-state index contributed by atoms with van der Waals surface area (Å²) in [6.07, 6.45) is -4.53. The predicted octanol–water partition coefficient (Wildman–Crippen LogP) is 2.47. The van der Waals surface area contributed by atoms with E-state index in [-0.39, 0.29) is 19.1 Å². The molecule has 1 saturated heterocycles. The molecule has 1 aliphatic rings. The number of benzene rings is 2. The number of hydrogen-bond acceptors (Lipinski definition) is 5. The number of hydrogen-bond donors (Lipinski definition) is 2. The Kier molecular flexibility index (Phi) is 7.02. The molecule has 26 heavy (non-hydrogen) atoms. The number of alkyl halides is 1. The van der Waals surface area contributed by atoms with Gasteiger partial charge in [-0.1, -0.05) is 60.7 Å². The Bertz CT molecular complexity index is 654. The normalized spacial score (nSPS) is 28.8. The van der Waals surface area contributed by atoms with Crippen LogP contribution in [0.15, 0.2) is 60.7 Å². The van der Waals surface area contributed by atoms with Gasteiger partial charge in [-0.3, -0.25) is 0 Å². The first-order valence-corrected chi connectivity index (χ1v) is 9.11. The molecule has 1 heterocycles. The molecule has 0 bridgehead atoms. The highest BCUT2D eigenvalue weighted by Gasteiger charge is 2.46. The van der Waals surface area contributed by atoms with Crippen LogP contribution in [0.5, 0.6) is 0 Å². The maximum atomic E-state index is 10.6. The van der Waals surface area contributed by atoms with Gasteiger partial charge in [0, 0.05) is 0 Å². The zero-order chi connectivity index (χ0) is 18.4. The van der Waals surface area contributed by atoms with Crippen LogP contribution in [0.2, 0.25) is 0 Å². The van der Waals surface area contributed by atoms with Crippen molar-refractivity contribution in [3.63, 3.8) is 0 Å². The highest BCUT2D eigenvalue weighted by Crippen LogP contribution is 2.27.